The molecule has 0 unspecified atom stereocenters. The fourth-order valence-corrected chi connectivity index (χ4v) is 5.57. The third-order valence-electron chi connectivity index (χ3n) is 7.59. The number of carbonyl (C=O) groups is 3. The number of nitrogens with zero attached hydrogens (tertiary/aromatic N) is 2. The van der Waals surface area contributed by atoms with Crippen LogP contribution in [0.5, 0.6) is 11.5 Å². The van der Waals surface area contributed by atoms with Gasteiger partial charge in [-0.3, -0.25) is 9.59 Å². The molecule has 7 N–H and O–H groups in total. The van der Waals surface area contributed by atoms with E-state index in [2.05, 4.69) is 20.2 Å². The standard InChI is InChI=1S/C32H41N5O9S/c1-15-11-20-25(35-31(42)29-19(5)36-37-47-29)22(38)14-21(27(20)40)34-30(41)16(2)9-8-10-23(44-6)28(46-32(33)43)18(4)13-17(3)26(39)24(12-15)45-7/h8-11,13-14,17,23-24,26,28,38-40H,12H2,1-7H3,(H2,33,43)(H,34,41)(H,35,42)/t17-,23-,24-,26+,28-/m0/s1. The minimum atomic E-state index is -1.05. The summed E-state index contributed by atoms with van der Waals surface area (Å²) in [5.41, 5.74) is 6.84. The van der Waals surface area contributed by atoms with E-state index >= 15 is 0 Å². The van der Waals surface area contributed by atoms with Crippen LogP contribution in [-0.4, -0.2) is 81.4 Å². The molecule has 2 bridgehead atoms. The van der Waals surface area contributed by atoms with Crippen LogP contribution in [0.25, 0.3) is 6.08 Å². The Morgan fingerprint density at radius 3 is 2.45 bits per heavy atom. The number of aliphatic hydroxyl groups is 1. The number of aryl methyl sites for hydroxylation is 1. The highest BCUT2D eigenvalue weighted by Crippen LogP contribution is 2.43. The lowest BCUT2D eigenvalue weighted by atomic mass is 9.91. The predicted molar refractivity (Wildman–Crippen MR) is 177 cm³/mol. The van der Waals surface area contributed by atoms with Crippen molar-refractivity contribution in [2.45, 2.75) is 65.5 Å². The third-order valence-corrected chi connectivity index (χ3v) is 8.42. The number of ether oxygens (including phenoxy) is 3. The molecule has 0 radical (unpaired) electrons. The third kappa shape index (κ3) is 9.25. The maximum Gasteiger partial charge on any atom is 0.405 e. The second-order valence-electron chi connectivity index (χ2n) is 11.2. The van der Waals surface area contributed by atoms with Crippen LogP contribution in [0.1, 0.15) is 55.0 Å². The van der Waals surface area contributed by atoms with E-state index in [9.17, 15) is 29.7 Å². The second-order valence-corrected chi connectivity index (χ2v) is 12.0. The van der Waals surface area contributed by atoms with Gasteiger partial charge in [-0.2, -0.15) is 0 Å². The van der Waals surface area contributed by atoms with Gasteiger partial charge >= 0.3 is 6.09 Å². The Bertz CT molecular complexity index is 1610. The first-order valence-corrected chi connectivity index (χ1v) is 15.4. The van der Waals surface area contributed by atoms with Crippen molar-refractivity contribution in [1.29, 1.82) is 0 Å². The number of benzene rings is 1. The topological polar surface area (TPSA) is 215 Å². The Morgan fingerprint density at radius 2 is 1.85 bits per heavy atom. The largest absolute Gasteiger partial charge is 0.506 e. The Hall–Kier alpha value is -4.57. The van der Waals surface area contributed by atoms with E-state index < -0.39 is 59.7 Å². The zero-order valence-electron chi connectivity index (χ0n) is 27.2. The molecule has 0 saturated heterocycles. The Labute approximate surface area is 276 Å². The number of hydrogen-bond donors (Lipinski definition) is 6. The second kappa shape index (κ2) is 16.3. The molecule has 2 aromatic rings. The van der Waals surface area contributed by atoms with Gasteiger partial charge in [-0.1, -0.05) is 41.3 Å². The first-order chi connectivity index (χ1) is 22.2. The smallest absolute Gasteiger partial charge is 0.405 e. The van der Waals surface area contributed by atoms with Crippen LogP contribution >= 0.6 is 11.5 Å². The van der Waals surface area contributed by atoms with Gasteiger partial charge in [0.2, 0.25) is 0 Å². The fourth-order valence-electron chi connectivity index (χ4n) is 5.02. The lowest BCUT2D eigenvalue weighted by Crippen LogP contribution is -2.36. The number of fused-ring (bicyclic) bond motifs is 2. The van der Waals surface area contributed by atoms with Gasteiger partial charge in [0, 0.05) is 37.3 Å². The molecule has 3 amide bonds. The highest BCUT2D eigenvalue weighted by molar-refractivity contribution is 7.08. The van der Waals surface area contributed by atoms with Crippen LogP contribution < -0.4 is 16.4 Å². The summed E-state index contributed by atoms with van der Waals surface area (Å²) in [7, 11) is 2.86. The van der Waals surface area contributed by atoms with Crippen LogP contribution in [0, 0.1) is 12.8 Å². The van der Waals surface area contributed by atoms with Crippen LogP contribution in [0.3, 0.4) is 0 Å². The molecule has 0 saturated carbocycles. The summed E-state index contributed by atoms with van der Waals surface area (Å²) in [6.07, 6.45) is 3.40. The minimum Gasteiger partial charge on any atom is -0.506 e. The number of amides is 3. The number of nitrogens with one attached hydrogen (secondary N) is 2. The number of primary amides is 1. The number of phenolic OH excluding ortho intramolecular Hbond substituents is 2. The van der Waals surface area contributed by atoms with Crippen molar-refractivity contribution in [3.63, 3.8) is 0 Å². The van der Waals surface area contributed by atoms with Crippen molar-refractivity contribution in [2.75, 3.05) is 24.9 Å². The van der Waals surface area contributed by atoms with Crippen molar-refractivity contribution >= 4 is 46.9 Å². The van der Waals surface area contributed by atoms with Crippen molar-refractivity contribution in [2.24, 2.45) is 11.7 Å². The first kappa shape index (κ1) is 36.9. The normalized spacial score (nSPS) is 22.9. The van der Waals surface area contributed by atoms with Crippen molar-refractivity contribution in [1.82, 2.24) is 9.59 Å². The van der Waals surface area contributed by atoms with Crippen LogP contribution in [0.4, 0.5) is 16.2 Å². The number of hydrogen-bond acceptors (Lipinski definition) is 12. The molecule has 1 aliphatic rings. The molecule has 0 fully saturated rings. The summed E-state index contributed by atoms with van der Waals surface area (Å²) < 4.78 is 20.3. The molecular formula is C32H41N5O9S. The van der Waals surface area contributed by atoms with Crippen molar-refractivity contribution in [3.05, 3.63) is 63.2 Å². The molecule has 3 rings (SSSR count). The van der Waals surface area contributed by atoms with Crippen LogP contribution in [-0.2, 0) is 19.0 Å². The van der Waals surface area contributed by atoms with Gasteiger partial charge < -0.3 is 45.9 Å². The van der Waals surface area contributed by atoms with E-state index in [1.165, 1.54) is 39.4 Å². The van der Waals surface area contributed by atoms with Crippen molar-refractivity contribution in [3.8, 4) is 11.5 Å². The number of aromatic nitrogens is 2. The van der Waals surface area contributed by atoms with E-state index in [1.54, 1.807) is 39.8 Å². The van der Waals surface area contributed by atoms with E-state index in [0.717, 1.165) is 17.6 Å². The predicted octanol–water partition coefficient (Wildman–Crippen LogP) is 4.20. The molecule has 1 aromatic carbocycles. The Morgan fingerprint density at radius 1 is 1.15 bits per heavy atom. The maximum absolute atomic E-state index is 13.1. The van der Waals surface area contributed by atoms with Gasteiger partial charge in [0.1, 0.15) is 22.5 Å². The summed E-state index contributed by atoms with van der Waals surface area (Å²) >= 11 is 0.869. The van der Waals surface area contributed by atoms with Crippen LogP contribution in [0.15, 0.2) is 47.1 Å². The molecule has 0 spiro atoms. The van der Waals surface area contributed by atoms with E-state index in [1.807, 2.05) is 0 Å². The highest BCUT2D eigenvalue weighted by atomic mass is 32.1. The molecule has 15 heteroatoms. The zero-order valence-corrected chi connectivity index (χ0v) is 28.0. The van der Waals surface area contributed by atoms with Gasteiger partial charge in [-0.05, 0) is 57.3 Å². The monoisotopic (exact) mass is 671 g/mol. The van der Waals surface area contributed by atoms with Gasteiger partial charge in [0.15, 0.2) is 6.10 Å². The molecule has 1 aliphatic heterocycles. The fraction of sp³-hybridized carbons (Fsp3) is 0.406. The molecule has 0 aliphatic carbocycles. The number of allylic oxidation sites excluding steroid dienone is 2. The Kier molecular flexibility index (Phi) is 12.8. The molecule has 5 atom stereocenters. The number of methoxy groups -OCH3 is 2. The maximum atomic E-state index is 13.1. The van der Waals surface area contributed by atoms with E-state index in [4.69, 9.17) is 19.9 Å². The van der Waals surface area contributed by atoms with E-state index in [0.29, 0.717) is 16.8 Å². The quantitative estimate of drug-likeness (QED) is 0.150. The molecule has 1 aromatic heterocycles. The van der Waals surface area contributed by atoms with Gasteiger partial charge in [-0.25, -0.2) is 4.79 Å². The Balaban J connectivity index is 2.19. The molecule has 14 nitrogen and oxygen atoms in total. The van der Waals surface area contributed by atoms with Gasteiger partial charge in [0.25, 0.3) is 11.8 Å². The average Bonchev–Trinajstić information content (AvgIpc) is 3.45. The van der Waals surface area contributed by atoms with Crippen molar-refractivity contribution < 1.29 is 43.9 Å². The summed E-state index contributed by atoms with van der Waals surface area (Å²) in [6.45, 7) is 8.34. The number of anilines is 2. The molecule has 254 valence electrons. The lowest BCUT2D eigenvalue weighted by molar-refractivity contribution is -0.112. The number of rotatable bonds is 5. The molecule has 47 heavy (non-hydrogen) atoms. The molecule has 2 heterocycles. The lowest BCUT2D eigenvalue weighted by Gasteiger charge is -2.28. The number of aromatic hydroxyl groups is 2. The SMILES string of the molecule is CO[C@H]1C=CC=C(C)C(=O)Nc2cc(O)c(NC(=O)c3snnc3C)c(c2O)C=C(C)C[C@H](OC)[C@H](O)[C@@H](C)C=C(C)[C@@H]1OC(N)=O. The number of aliphatic hydroxyl groups excluding tert-OH is 1. The summed E-state index contributed by atoms with van der Waals surface area (Å²) in [5.74, 6) is -2.59. The number of phenols is 2. The van der Waals surface area contributed by atoms with E-state index in [-0.39, 0.29) is 33.8 Å². The zero-order chi connectivity index (χ0) is 35.0. The summed E-state index contributed by atoms with van der Waals surface area (Å²) in [5, 5.41) is 42.8. The average molecular weight is 672 g/mol. The van der Waals surface area contributed by atoms with Crippen LogP contribution in [0.2, 0.25) is 0 Å². The van der Waals surface area contributed by atoms with Gasteiger partial charge in [0.05, 0.1) is 29.3 Å². The first-order valence-electron chi connectivity index (χ1n) is 14.6. The highest BCUT2D eigenvalue weighted by Gasteiger charge is 2.29. The summed E-state index contributed by atoms with van der Waals surface area (Å²) in [4.78, 5) is 38.2. The number of carbonyl (C=O) groups excluding carboxylic acids is 3. The molecular weight excluding hydrogens is 630 g/mol. The van der Waals surface area contributed by atoms with Gasteiger partial charge in [-0.15, -0.1) is 5.10 Å². The minimum absolute atomic E-state index is 0.00299. The summed E-state index contributed by atoms with van der Waals surface area (Å²) in [6, 6.07) is 1.11. The number of nitrogens with two attached hydrogens (primary N) is 1.